The molecule has 23 heavy (non-hydrogen) atoms. The predicted octanol–water partition coefficient (Wildman–Crippen LogP) is 1.91. The van der Waals surface area contributed by atoms with E-state index in [4.69, 9.17) is 14.2 Å². The highest BCUT2D eigenvalue weighted by molar-refractivity contribution is 5.95. The Morgan fingerprint density at radius 1 is 1.22 bits per heavy atom. The second-order valence-corrected chi connectivity index (χ2v) is 4.86. The Labute approximate surface area is 132 Å². The number of carbonyl (C=O) groups is 2. The number of nitrogens with one attached hydrogen (secondary N) is 1. The van der Waals surface area contributed by atoms with Crippen molar-refractivity contribution < 1.29 is 23.8 Å². The van der Waals surface area contributed by atoms with Crippen molar-refractivity contribution in [3.8, 4) is 11.5 Å². The summed E-state index contributed by atoms with van der Waals surface area (Å²) in [5.74, 6) is 0.389. The molecular formula is C16H14N2O5. The SMILES string of the molecule is Cc1cccc(NC(=O)COC(=O)c2ccc3c(c2)OCO3)n1. The van der Waals surface area contributed by atoms with Crippen molar-refractivity contribution in [1.29, 1.82) is 0 Å². The van der Waals surface area contributed by atoms with Gasteiger partial charge in [-0.25, -0.2) is 9.78 Å². The van der Waals surface area contributed by atoms with Crippen molar-refractivity contribution in [2.45, 2.75) is 6.92 Å². The molecule has 2 heterocycles. The average Bonchev–Trinajstić information content (AvgIpc) is 3.00. The molecule has 1 aromatic heterocycles. The van der Waals surface area contributed by atoms with Crippen molar-refractivity contribution >= 4 is 17.7 Å². The first-order valence-corrected chi connectivity index (χ1v) is 6.92. The molecule has 0 saturated carbocycles. The number of rotatable bonds is 4. The summed E-state index contributed by atoms with van der Waals surface area (Å²) in [5, 5.41) is 2.56. The minimum Gasteiger partial charge on any atom is -0.454 e. The molecule has 0 unspecified atom stereocenters. The van der Waals surface area contributed by atoms with Gasteiger partial charge in [0.1, 0.15) is 5.82 Å². The lowest BCUT2D eigenvalue weighted by Gasteiger charge is -2.07. The molecule has 0 radical (unpaired) electrons. The van der Waals surface area contributed by atoms with E-state index in [0.29, 0.717) is 17.3 Å². The van der Waals surface area contributed by atoms with Crippen molar-refractivity contribution in [3.63, 3.8) is 0 Å². The minimum absolute atomic E-state index is 0.125. The van der Waals surface area contributed by atoms with E-state index in [1.807, 2.05) is 13.0 Å². The number of fused-ring (bicyclic) bond motifs is 1. The van der Waals surface area contributed by atoms with Crippen LogP contribution in [0.4, 0.5) is 5.82 Å². The smallest absolute Gasteiger partial charge is 0.338 e. The summed E-state index contributed by atoms with van der Waals surface area (Å²) in [6, 6.07) is 9.94. The Hall–Kier alpha value is -3.09. The van der Waals surface area contributed by atoms with Gasteiger partial charge in [-0.15, -0.1) is 0 Å². The third-order valence-electron chi connectivity index (χ3n) is 3.10. The van der Waals surface area contributed by atoms with Crippen LogP contribution in [-0.4, -0.2) is 30.3 Å². The maximum absolute atomic E-state index is 11.9. The molecule has 2 aromatic rings. The number of nitrogens with zero attached hydrogens (tertiary/aromatic N) is 1. The standard InChI is InChI=1S/C16H14N2O5/c1-10-3-2-4-14(17-10)18-15(19)8-21-16(20)11-5-6-12-13(7-11)23-9-22-12/h2-7H,8-9H2,1H3,(H,17,18,19). The van der Waals surface area contributed by atoms with E-state index in [0.717, 1.165) is 5.69 Å². The van der Waals surface area contributed by atoms with Gasteiger partial charge in [-0.2, -0.15) is 0 Å². The first-order valence-electron chi connectivity index (χ1n) is 6.92. The van der Waals surface area contributed by atoms with Crippen molar-refractivity contribution in [2.24, 2.45) is 0 Å². The fraction of sp³-hybridized carbons (Fsp3) is 0.188. The molecule has 0 atom stereocenters. The third-order valence-corrected chi connectivity index (χ3v) is 3.10. The Bertz CT molecular complexity index is 760. The molecule has 0 spiro atoms. The second kappa shape index (κ2) is 6.35. The fourth-order valence-corrected chi connectivity index (χ4v) is 2.03. The topological polar surface area (TPSA) is 86.8 Å². The van der Waals surface area contributed by atoms with Crippen molar-refractivity contribution in [1.82, 2.24) is 4.98 Å². The molecule has 7 nitrogen and oxygen atoms in total. The van der Waals surface area contributed by atoms with Gasteiger partial charge in [0.25, 0.3) is 5.91 Å². The first-order chi connectivity index (χ1) is 11.1. The van der Waals surface area contributed by atoms with Gasteiger partial charge in [0.05, 0.1) is 5.56 Å². The van der Waals surface area contributed by atoms with Gasteiger partial charge in [0, 0.05) is 5.69 Å². The molecule has 3 rings (SSSR count). The molecule has 1 N–H and O–H groups in total. The van der Waals surface area contributed by atoms with Crippen LogP contribution in [0.2, 0.25) is 0 Å². The molecule has 0 fully saturated rings. The largest absolute Gasteiger partial charge is 0.454 e. The molecule has 1 aliphatic rings. The summed E-state index contributed by atoms with van der Waals surface area (Å²) in [7, 11) is 0. The molecule has 1 amide bonds. The Balaban J connectivity index is 1.55. The Morgan fingerprint density at radius 3 is 2.87 bits per heavy atom. The maximum atomic E-state index is 11.9. The van der Waals surface area contributed by atoms with Crippen LogP contribution in [0.15, 0.2) is 36.4 Å². The Morgan fingerprint density at radius 2 is 2.04 bits per heavy atom. The van der Waals surface area contributed by atoms with Gasteiger partial charge in [-0.05, 0) is 37.3 Å². The van der Waals surface area contributed by atoms with Gasteiger partial charge in [0.15, 0.2) is 18.1 Å². The highest BCUT2D eigenvalue weighted by Gasteiger charge is 2.17. The van der Waals surface area contributed by atoms with Gasteiger partial charge in [-0.3, -0.25) is 4.79 Å². The number of ether oxygens (including phenoxy) is 3. The van der Waals surface area contributed by atoms with Gasteiger partial charge < -0.3 is 19.5 Å². The number of aromatic nitrogens is 1. The zero-order valence-corrected chi connectivity index (χ0v) is 12.4. The monoisotopic (exact) mass is 314 g/mol. The van der Waals surface area contributed by atoms with Crippen LogP contribution in [0.1, 0.15) is 16.1 Å². The lowest BCUT2D eigenvalue weighted by atomic mass is 10.2. The average molecular weight is 314 g/mol. The van der Waals surface area contributed by atoms with Gasteiger partial charge in [-0.1, -0.05) is 6.07 Å². The number of amides is 1. The highest BCUT2D eigenvalue weighted by Crippen LogP contribution is 2.32. The number of hydrogen-bond donors (Lipinski definition) is 1. The summed E-state index contributed by atoms with van der Waals surface area (Å²) < 4.78 is 15.3. The number of pyridine rings is 1. The van der Waals surface area contributed by atoms with Crippen LogP contribution >= 0.6 is 0 Å². The summed E-state index contributed by atoms with van der Waals surface area (Å²) in [6.45, 7) is 1.54. The quantitative estimate of drug-likeness (QED) is 0.868. The highest BCUT2D eigenvalue weighted by atomic mass is 16.7. The van der Waals surface area contributed by atoms with E-state index in [9.17, 15) is 9.59 Å². The van der Waals surface area contributed by atoms with Crippen LogP contribution in [0.3, 0.4) is 0 Å². The zero-order valence-electron chi connectivity index (χ0n) is 12.4. The lowest BCUT2D eigenvalue weighted by molar-refractivity contribution is -0.119. The summed E-state index contributed by atoms with van der Waals surface area (Å²) in [5.41, 5.74) is 1.07. The minimum atomic E-state index is -0.615. The van der Waals surface area contributed by atoms with E-state index < -0.39 is 18.5 Å². The van der Waals surface area contributed by atoms with Crippen LogP contribution < -0.4 is 14.8 Å². The normalized spacial score (nSPS) is 11.9. The van der Waals surface area contributed by atoms with Crippen molar-refractivity contribution in [3.05, 3.63) is 47.7 Å². The molecule has 0 bridgehead atoms. The molecule has 0 saturated heterocycles. The van der Waals surface area contributed by atoms with E-state index in [2.05, 4.69) is 10.3 Å². The number of aryl methyl sites for hydroxylation is 1. The molecule has 118 valence electrons. The van der Waals surface area contributed by atoms with Crippen LogP contribution in [0, 0.1) is 6.92 Å². The van der Waals surface area contributed by atoms with E-state index >= 15 is 0 Å². The van der Waals surface area contributed by atoms with E-state index in [1.165, 1.54) is 6.07 Å². The maximum Gasteiger partial charge on any atom is 0.338 e. The fourth-order valence-electron chi connectivity index (χ4n) is 2.03. The molecular weight excluding hydrogens is 300 g/mol. The van der Waals surface area contributed by atoms with E-state index in [-0.39, 0.29) is 12.4 Å². The first kappa shape index (κ1) is 14.8. The third kappa shape index (κ3) is 3.57. The second-order valence-electron chi connectivity index (χ2n) is 4.86. The van der Waals surface area contributed by atoms with Crippen molar-refractivity contribution in [2.75, 3.05) is 18.7 Å². The summed E-state index contributed by atoms with van der Waals surface area (Å²) in [6.07, 6.45) is 0. The lowest BCUT2D eigenvalue weighted by Crippen LogP contribution is -2.21. The van der Waals surface area contributed by atoms with Crippen LogP contribution in [0.5, 0.6) is 11.5 Å². The molecule has 1 aromatic carbocycles. The van der Waals surface area contributed by atoms with Gasteiger partial charge in [0.2, 0.25) is 6.79 Å². The molecule has 1 aliphatic heterocycles. The molecule has 0 aliphatic carbocycles. The Kier molecular flexibility index (Phi) is 4.09. The number of anilines is 1. The predicted molar refractivity (Wildman–Crippen MR) is 80.5 cm³/mol. The molecule has 7 heteroatoms. The number of benzene rings is 1. The summed E-state index contributed by atoms with van der Waals surface area (Å²) in [4.78, 5) is 27.8. The number of carbonyl (C=O) groups excluding carboxylic acids is 2. The summed E-state index contributed by atoms with van der Waals surface area (Å²) >= 11 is 0. The number of esters is 1. The van der Waals surface area contributed by atoms with Crippen LogP contribution in [-0.2, 0) is 9.53 Å². The number of hydrogen-bond acceptors (Lipinski definition) is 6. The van der Waals surface area contributed by atoms with Crippen LogP contribution in [0.25, 0.3) is 0 Å². The van der Waals surface area contributed by atoms with E-state index in [1.54, 1.807) is 24.3 Å². The van der Waals surface area contributed by atoms with Gasteiger partial charge >= 0.3 is 5.97 Å². The zero-order chi connectivity index (χ0) is 16.2.